The molecule has 2 aromatic rings. The summed E-state index contributed by atoms with van der Waals surface area (Å²) in [7, 11) is 0. The second kappa shape index (κ2) is 3.74. The van der Waals surface area contributed by atoms with Crippen LogP contribution in [0.25, 0.3) is 0 Å². The molecule has 0 atom stereocenters. The predicted molar refractivity (Wildman–Crippen MR) is 57.5 cm³/mol. The van der Waals surface area contributed by atoms with Crippen LogP contribution in [0.1, 0.15) is 15.2 Å². The van der Waals surface area contributed by atoms with Gasteiger partial charge in [0.2, 0.25) is 5.78 Å². The van der Waals surface area contributed by atoms with Gasteiger partial charge in [-0.3, -0.25) is 4.79 Å². The molecular weight excluding hydrogens is 212 g/mol. The molecule has 1 heterocycles. The lowest BCUT2D eigenvalue weighted by Gasteiger charge is -2.03. The lowest BCUT2D eigenvalue weighted by molar-refractivity contribution is 0.103. The van der Waals surface area contributed by atoms with Crippen LogP contribution < -0.4 is 0 Å². The number of carbonyl (C=O) groups is 1. The quantitative estimate of drug-likeness (QED) is 0.603. The van der Waals surface area contributed by atoms with Crippen molar-refractivity contribution in [2.45, 2.75) is 0 Å². The van der Waals surface area contributed by atoms with Crippen LogP contribution in [0.15, 0.2) is 35.7 Å². The first-order valence-corrected chi connectivity index (χ1v) is 5.17. The van der Waals surface area contributed by atoms with E-state index in [1.807, 2.05) is 0 Å². The molecular formula is C11H8O3S. The highest BCUT2D eigenvalue weighted by Gasteiger charge is 2.16. The van der Waals surface area contributed by atoms with E-state index in [4.69, 9.17) is 0 Å². The van der Waals surface area contributed by atoms with Crippen molar-refractivity contribution >= 4 is 17.1 Å². The summed E-state index contributed by atoms with van der Waals surface area (Å²) in [6, 6.07) is 7.78. The number of hydrogen-bond donors (Lipinski definition) is 2. The minimum atomic E-state index is -0.365. The number of thiophene rings is 1. The van der Waals surface area contributed by atoms with Gasteiger partial charge in [-0.05, 0) is 23.6 Å². The number of carbonyl (C=O) groups excluding carboxylic acids is 1. The van der Waals surface area contributed by atoms with Gasteiger partial charge in [-0.25, -0.2) is 0 Å². The zero-order valence-corrected chi connectivity index (χ0v) is 8.49. The molecule has 0 aliphatic rings. The van der Waals surface area contributed by atoms with E-state index in [0.717, 1.165) is 0 Å². The number of rotatable bonds is 2. The molecule has 0 saturated heterocycles. The van der Waals surface area contributed by atoms with Gasteiger partial charge in [0.15, 0.2) is 11.5 Å². The highest BCUT2D eigenvalue weighted by Crippen LogP contribution is 2.30. The Morgan fingerprint density at radius 2 is 1.93 bits per heavy atom. The standard InChI is InChI=1S/C11H8O3S/c12-8-4-1-3-7(10(8)13)11(14)9-5-2-6-15-9/h1-6,12-13H. The Labute approximate surface area is 90.2 Å². The average molecular weight is 220 g/mol. The van der Waals surface area contributed by atoms with E-state index in [0.29, 0.717) is 4.88 Å². The smallest absolute Gasteiger partial charge is 0.206 e. The zero-order valence-electron chi connectivity index (χ0n) is 7.68. The second-order valence-corrected chi connectivity index (χ2v) is 3.93. The van der Waals surface area contributed by atoms with Crippen LogP contribution in [0.3, 0.4) is 0 Å². The van der Waals surface area contributed by atoms with Crippen LogP contribution in [0, 0.1) is 0 Å². The fraction of sp³-hybridized carbons (Fsp3) is 0. The SMILES string of the molecule is O=C(c1cccs1)c1cccc(O)c1O. The van der Waals surface area contributed by atoms with Gasteiger partial charge in [0.05, 0.1) is 10.4 Å². The zero-order chi connectivity index (χ0) is 10.8. The highest BCUT2D eigenvalue weighted by atomic mass is 32.1. The fourth-order valence-electron chi connectivity index (χ4n) is 1.26. The number of benzene rings is 1. The van der Waals surface area contributed by atoms with E-state index < -0.39 is 0 Å². The van der Waals surface area contributed by atoms with Gasteiger partial charge in [-0.15, -0.1) is 11.3 Å². The van der Waals surface area contributed by atoms with Gasteiger partial charge >= 0.3 is 0 Å². The number of phenols is 2. The van der Waals surface area contributed by atoms with Gasteiger partial charge in [0, 0.05) is 0 Å². The molecule has 2 rings (SSSR count). The number of aromatic hydroxyl groups is 2. The highest BCUT2D eigenvalue weighted by molar-refractivity contribution is 7.12. The third kappa shape index (κ3) is 1.71. The Bertz CT molecular complexity index is 489. The molecule has 4 heteroatoms. The molecule has 0 spiro atoms. The van der Waals surface area contributed by atoms with E-state index in [9.17, 15) is 15.0 Å². The summed E-state index contributed by atoms with van der Waals surface area (Å²) in [6.45, 7) is 0. The molecule has 3 nitrogen and oxygen atoms in total. The third-order valence-corrected chi connectivity index (χ3v) is 2.87. The van der Waals surface area contributed by atoms with E-state index in [2.05, 4.69) is 0 Å². The van der Waals surface area contributed by atoms with Crippen LogP contribution in [-0.4, -0.2) is 16.0 Å². The van der Waals surface area contributed by atoms with Crippen molar-refractivity contribution in [1.82, 2.24) is 0 Å². The van der Waals surface area contributed by atoms with Gasteiger partial charge in [-0.1, -0.05) is 12.1 Å². The van der Waals surface area contributed by atoms with Crippen LogP contribution in [0.5, 0.6) is 11.5 Å². The summed E-state index contributed by atoms with van der Waals surface area (Å²) < 4.78 is 0. The molecule has 0 bridgehead atoms. The summed E-state index contributed by atoms with van der Waals surface area (Å²) in [5, 5.41) is 20.5. The third-order valence-electron chi connectivity index (χ3n) is 2.00. The van der Waals surface area contributed by atoms with Crippen molar-refractivity contribution in [2.24, 2.45) is 0 Å². The molecule has 0 radical (unpaired) electrons. The maximum absolute atomic E-state index is 11.8. The molecule has 0 aliphatic heterocycles. The average Bonchev–Trinajstić information content (AvgIpc) is 2.74. The Kier molecular flexibility index (Phi) is 2.43. The second-order valence-electron chi connectivity index (χ2n) is 2.98. The molecule has 76 valence electrons. The molecule has 0 saturated carbocycles. The van der Waals surface area contributed by atoms with Crippen molar-refractivity contribution in [3.05, 3.63) is 46.2 Å². The molecule has 15 heavy (non-hydrogen) atoms. The van der Waals surface area contributed by atoms with Crippen molar-refractivity contribution in [3.8, 4) is 11.5 Å². The van der Waals surface area contributed by atoms with Crippen molar-refractivity contribution in [3.63, 3.8) is 0 Å². The van der Waals surface area contributed by atoms with Crippen LogP contribution in [0.2, 0.25) is 0 Å². The van der Waals surface area contributed by atoms with Crippen LogP contribution in [0.4, 0.5) is 0 Å². The molecule has 0 fully saturated rings. The first-order chi connectivity index (χ1) is 7.20. The molecule has 0 unspecified atom stereocenters. The lowest BCUT2D eigenvalue weighted by atomic mass is 10.1. The Balaban J connectivity index is 2.47. The Morgan fingerprint density at radius 3 is 2.60 bits per heavy atom. The van der Waals surface area contributed by atoms with Gasteiger partial charge in [-0.2, -0.15) is 0 Å². The van der Waals surface area contributed by atoms with E-state index >= 15 is 0 Å². The first kappa shape index (κ1) is 9.73. The number of phenolic OH excluding ortho intramolecular Hbond substituents is 2. The number of para-hydroxylation sites is 1. The number of hydrogen-bond acceptors (Lipinski definition) is 4. The van der Waals surface area contributed by atoms with Crippen LogP contribution in [-0.2, 0) is 0 Å². The van der Waals surface area contributed by atoms with Crippen molar-refractivity contribution in [2.75, 3.05) is 0 Å². The van der Waals surface area contributed by atoms with Gasteiger partial charge in [0.1, 0.15) is 0 Å². The maximum Gasteiger partial charge on any atom is 0.206 e. The summed E-state index contributed by atoms with van der Waals surface area (Å²) in [5.74, 6) is -0.924. The largest absolute Gasteiger partial charge is 0.504 e. The van der Waals surface area contributed by atoms with Crippen LogP contribution >= 0.6 is 11.3 Å². The molecule has 0 aliphatic carbocycles. The van der Waals surface area contributed by atoms with E-state index in [-0.39, 0.29) is 22.8 Å². The minimum absolute atomic E-state index is 0.123. The Hall–Kier alpha value is -1.81. The van der Waals surface area contributed by atoms with Crippen molar-refractivity contribution < 1.29 is 15.0 Å². The molecule has 1 aromatic carbocycles. The monoisotopic (exact) mass is 220 g/mol. The Morgan fingerprint density at radius 1 is 1.13 bits per heavy atom. The lowest BCUT2D eigenvalue weighted by Crippen LogP contribution is -1.98. The van der Waals surface area contributed by atoms with Gasteiger partial charge < -0.3 is 10.2 Å². The maximum atomic E-state index is 11.8. The molecule has 2 N–H and O–H groups in total. The fourth-order valence-corrected chi connectivity index (χ4v) is 1.93. The first-order valence-electron chi connectivity index (χ1n) is 4.29. The number of ketones is 1. The normalized spacial score (nSPS) is 10.1. The minimum Gasteiger partial charge on any atom is -0.504 e. The van der Waals surface area contributed by atoms with Crippen molar-refractivity contribution in [1.29, 1.82) is 0 Å². The topological polar surface area (TPSA) is 57.5 Å². The predicted octanol–water partition coefficient (Wildman–Crippen LogP) is 2.39. The van der Waals surface area contributed by atoms with E-state index in [1.54, 1.807) is 17.5 Å². The summed E-state index contributed by atoms with van der Waals surface area (Å²) in [5.41, 5.74) is 0.123. The molecule has 1 aromatic heterocycles. The summed E-state index contributed by atoms with van der Waals surface area (Å²) in [6.07, 6.45) is 0. The summed E-state index contributed by atoms with van der Waals surface area (Å²) >= 11 is 1.30. The van der Waals surface area contributed by atoms with Gasteiger partial charge in [0.25, 0.3) is 0 Å². The van der Waals surface area contributed by atoms with E-state index in [1.165, 1.54) is 29.5 Å². The molecule has 0 amide bonds. The summed E-state index contributed by atoms with van der Waals surface area (Å²) in [4.78, 5) is 12.4.